The number of hydrogen-bond donors (Lipinski definition) is 1. The molecule has 118 valence electrons. The zero-order valence-electron chi connectivity index (χ0n) is 11.3. The first-order chi connectivity index (χ1) is 10.8. The molecule has 1 aromatic heterocycles. The molecule has 0 aliphatic carbocycles. The van der Waals surface area contributed by atoms with Crippen LogP contribution in [-0.4, -0.2) is 16.3 Å². The molecule has 23 heavy (non-hydrogen) atoms. The van der Waals surface area contributed by atoms with Crippen LogP contribution in [0.4, 0.5) is 13.2 Å². The van der Waals surface area contributed by atoms with Crippen molar-refractivity contribution >= 4 is 26.8 Å². The van der Waals surface area contributed by atoms with Gasteiger partial charge in [-0.25, -0.2) is 4.98 Å². The van der Waals surface area contributed by atoms with E-state index in [1.54, 1.807) is 24.3 Å². The molecule has 0 amide bonds. The van der Waals surface area contributed by atoms with Gasteiger partial charge in [0.2, 0.25) is 0 Å². The first-order valence-electron chi connectivity index (χ1n) is 6.37. The van der Waals surface area contributed by atoms with Crippen LogP contribution in [0.2, 0.25) is 0 Å². The smallest absolute Gasteiger partial charge is 0.406 e. The van der Waals surface area contributed by atoms with Crippen LogP contribution in [0.15, 0.2) is 51.7 Å². The van der Waals surface area contributed by atoms with Crippen molar-refractivity contribution in [2.24, 2.45) is 0 Å². The summed E-state index contributed by atoms with van der Waals surface area (Å²) in [5.41, 5.74) is 0.370. The number of para-hydroxylation sites is 1. The van der Waals surface area contributed by atoms with E-state index in [4.69, 9.17) is 0 Å². The lowest BCUT2D eigenvalue weighted by Gasteiger charge is -2.11. The van der Waals surface area contributed by atoms with Crippen LogP contribution in [0.5, 0.6) is 5.75 Å². The highest BCUT2D eigenvalue weighted by Crippen LogP contribution is 2.30. The van der Waals surface area contributed by atoms with Gasteiger partial charge in [0.25, 0.3) is 5.56 Å². The molecule has 0 saturated heterocycles. The second-order valence-corrected chi connectivity index (χ2v) is 5.57. The normalized spacial score (nSPS) is 11.7. The van der Waals surface area contributed by atoms with Crippen molar-refractivity contribution in [1.29, 1.82) is 0 Å². The second-order valence-electron chi connectivity index (χ2n) is 4.66. The van der Waals surface area contributed by atoms with Crippen LogP contribution in [-0.2, 0) is 0 Å². The van der Waals surface area contributed by atoms with E-state index in [1.165, 1.54) is 12.1 Å². The van der Waals surface area contributed by atoms with Crippen molar-refractivity contribution in [3.05, 3.63) is 57.3 Å². The number of benzene rings is 2. The summed E-state index contributed by atoms with van der Waals surface area (Å²) < 4.78 is 41.4. The third kappa shape index (κ3) is 3.53. The molecule has 0 spiro atoms. The fraction of sp³-hybridized carbons (Fsp3) is 0.0667. The van der Waals surface area contributed by atoms with Crippen molar-refractivity contribution in [2.75, 3.05) is 0 Å². The predicted octanol–water partition coefficient (Wildman–Crippen LogP) is 4.25. The fourth-order valence-electron chi connectivity index (χ4n) is 2.12. The summed E-state index contributed by atoms with van der Waals surface area (Å²) in [6.07, 6.45) is -4.80. The van der Waals surface area contributed by atoms with E-state index in [0.717, 1.165) is 6.07 Å². The summed E-state index contributed by atoms with van der Waals surface area (Å²) in [5, 5.41) is 0.401. The largest absolute Gasteiger partial charge is 0.573 e. The maximum Gasteiger partial charge on any atom is 0.573 e. The van der Waals surface area contributed by atoms with Gasteiger partial charge in [0, 0.05) is 10.0 Å². The number of H-pyrrole nitrogens is 1. The highest BCUT2D eigenvalue weighted by atomic mass is 79.9. The van der Waals surface area contributed by atoms with E-state index in [-0.39, 0.29) is 11.4 Å². The fourth-order valence-corrected chi connectivity index (χ4v) is 2.59. The molecule has 0 bridgehead atoms. The summed E-state index contributed by atoms with van der Waals surface area (Å²) in [6, 6.07) is 10.6. The number of halogens is 4. The summed E-state index contributed by atoms with van der Waals surface area (Å²) in [5.74, 6) is -0.250. The Bertz CT molecular complexity index is 938. The minimum atomic E-state index is -4.80. The number of nitrogens with one attached hydrogen (secondary N) is 1. The Kier molecular flexibility index (Phi) is 3.85. The molecule has 1 heterocycles. The van der Waals surface area contributed by atoms with Crippen LogP contribution >= 0.6 is 15.9 Å². The quantitative estimate of drug-likeness (QED) is 0.718. The van der Waals surface area contributed by atoms with Crippen LogP contribution < -0.4 is 10.3 Å². The highest BCUT2D eigenvalue weighted by Gasteiger charge is 2.31. The number of ether oxygens (including phenoxy) is 1. The lowest BCUT2D eigenvalue weighted by Crippen LogP contribution is -2.17. The Hall–Kier alpha value is -2.35. The molecule has 0 aliphatic rings. The van der Waals surface area contributed by atoms with E-state index in [0.29, 0.717) is 20.9 Å². The number of rotatable bonds is 2. The van der Waals surface area contributed by atoms with Gasteiger partial charge in [0.05, 0.1) is 10.9 Å². The van der Waals surface area contributed by atoms with E-state index in [9.17, 15) is 18.0 Å². The van der Waals surface area contributed by atoms with Crippen LogP contribution in [0.25, 0.3) is 22.3 Å². The minimum absolute atomic E-state index is 0.155. The van der Waals surface area contributed by atoms with Crippen LogP contribution in [0, 0.1) is 0 Å². The number of fused-ring (bicyclic) bond motifs is 1. The summed E-state index contributed by atoms with van der Waals surface area (Å²) in [7, 11) is 0. The Morgan fingerprint density at radius 3 is 2.61 bits per heavy atom. The van der Waals surface area contributed by atoms with Gasteiger partial charge in [-0.2, -0.15) is 0 Å². The van der Waals surface area contributed by atoms with Gasteiger partial charge in [0.1, 0.15) is 11.6 Å². The third-order valence-electron chi connectivity index (χ3n) is 2.99. The predicted molar refractivity (Wildman–Crippen MR) is 82.2 cm³/mol. The number of aromatic amines is 1. The topological polar surface area (TPSA) is 55.0 Å². The molecule has 2 aromatic carbocycles. The van der Waals surface area contributed by atoms with Crippen molar-refractivity contribution in [2.45, 2.75) is 6.36 Å². The summed E-state index contributed by atoms with van der Waals surface area (Å²) >= 11 is 3.12. The van der Waals surface area contributed by atoms with Gasteiger partial charge in [-0.15, -0.1) is 13.2 Å². The van der Waals surface area contributed by atoms with E-state index >= 15 is 0 Å². The molecule has 0 atom stereocenters. The average Bonchev–Trinajstić information content (AvgIpc) is 2.44. The van der Waals surface area contributed by atoms with Gasteiger partial charge in [-0.05, 0) is 30.3 Å². The zero-order chi connectivity index (χ0) is 16.6. The number of nitrogens with zero attached hydrogens (tertiary/aromatic N) is 1. The third-order valence-corrected chi connectivity index (χ3v) is 3.45. The molecule has 0 unspecified atom stereocenters. The Morgan fingerprint density at radius 2 is 1.87 bits per heavy atom. The average molecular weight is 385 g/mol. The highest BCUT2D eigenvalue weighted by molar-refractivity contribution is 9.10. The molecular weight excluding hydrogens is 377 g/mol. The summed E-state index contributed by atoms with van der Waals surface area (Å²) in [4.78, 5) is 18.9. The van der Waals surface area contributed by atoms with Gasteiger partial charge in [-0.1, -0.05) is 28.1 Å². The van der Waals surface area contributed by atoms with Crippen molar-refractivity contribution < 1.29 is 17.9 Å². The number of alkyl halides is 3. The van der Waals surface area contributed by atoms with Crippen molar-refractivity contribution in [3.8, 4) is 17.1 Å². The molecule has 0 saturated carbocycles. The Balaban J connectivity index is 2.13. The standard InChI is InChI=1S/C15H8BrF3N2O2/c16-9-5-8(6-10(7-9)23-15(17,18)19)13-20-12-4-2-1-3-11(12)14(22)21-13/h1-7H,(H,20,21,22). The molecule has 8 heteroatoms. The van der Waals surface area contributed by atoms with Crippen molar-refractivity contribution in [1.82, 2.24) is 9.97 Å². The van der Waals surface area contributed by atoms with E-state index in [1.807, 2.05) is 0 Å². The second kappa shape index (κ2) is 5.69. The molecule has 3 rings (SSSR count). The molecule has 3 aromatic rings. The molecule has 4 nitrogen and oxygen atoms in total. The SMILES string of the molecule is O=c1[nH]c(-c2cc(Br)cc(OC(F)(F)F)c2)nc2ccccc12. The maximum absolute atomic E-state index is 12.4. The van der Waals surface area contributed by atoms with Gasteiger partial charge < -0.3 is 9.72 Å². The van der Waals surface area contributed by atoms with Crippen LogP contribution in [0.1, 0.15) is 0 Å². The Morgan fingerprint density at radius 1 is 1.13 bits per heavy atom. The number of hydrogen-bond acceptors (Lipinski definition) is 3. The maximum atomic E-state index is 12.4. The molecule has 1 N–H and O–H groups in total. The van der Waals surface area contributed by atoms with Crippen molar-refractivity contribution in [3.63, 3.8) is 0 Å². The Labute approximate surface area is 136 Å². The molecule has 0 aliphatic heterocycles. The van der Waals surface area contributed by atoms with Crippen LogP contribution in [0.3, 0.4) is 0 Å². The minimum Gasteiger partial charge on any atom is -0.406 e. The monoisotopic (exact) mass is 384 g/mol. The van der Waals surface area contributed by atoms with Gasteiger partial charge in [0.15, 0.2) is 0 Å². The summed E-state index contributed by atoms with van der Waals surface area (Å²) in [6.45, 7) is 0. The zero-order valence-corrected chi connectivity index (χ0v) is 12.9. The van der Waals surface area contributed by atoms with Gasteiger partial charge in [-0.3, -0.25) is 4.79 Å². The van der Waals surface area contributed by atoms with E-state index in [2.05, 4.69) is 30.6 Å². The molecule has 0 fully saturated rings. The lowest BCUT2D eigenvalue weighted by molar-refractivity contribution is -0.274. The molecular formula is C15H8BrF3N2O2. The van der Waals surface area contributed by atoms with E-state index < -0.39 is 12.1 Å². The lowest BCUT2D eigenvalue weighted by atomic mass is 10.2. The first-order valence-corrected chi connectivity index (χ1v) is 7.17. The number of aromatic nitrogens is 2. The first kappa shape index (κ1) is 15.5. The van der Waals surface area contributed by atoms with Gasteiger partial charge >= 0.3 is 6.36 Å². The molecule has 0 radical (unpaired) electrons.